The zero-order chi connectivity index (χ0) is 57.4. The van der Waals surface area contributed by atoms with Crippen LogP contribution in [0, 0.1) is 40.2 Å². The van der Waals surface area contributed by atoms with Crippen molar-refractivity contribution >= 4 is 89.6 Å². The molecule has 3 fully saturated rings. The zero-order valence-corrected chi connectivity index (χ0v) is 47.3. The molecule has 3 aromatic heterocycles. The van der Waals surface area contributed by atoms with Crippen LogP contribution in [-0.2, 0) is 32.1 Å². The van der Waals surface area contributed by atoms with Crippen LogP contribution in [0.4, 0.5) is 19.6 Å². The number of nitrogens with two attached hydrogens (primary N) is 1. The van der Waals surface area contributed by atoms with E-state index in [1.807, 2.05) is 43.9 Å². The zero-order valence-electron chi connectivity index (χ0n) is 45.7. The Bertz CT molecular complexity index is 3730. The lowest BCUT2D eigenvalue weighted by molar-refractivity contribution is -0.147. The van der Waals surface area contributed by atoms with Crippen molar-refractivity contribution in [1.82, 2.24) is 29.7 Å². The number of aryl methyl sites for hydroxylation is 1. The second-order valence-electron chi connectivity index (χ2n) is 20.8. The minimum Gasteiger partial charge on any atom is -0.489 e. The van der Waals surface area contributed by atoms with Gasteiger partial charge in [-0.15, -0.1) is 11.3 Å². The van der Waals surface area contributed by atoms with E-state index in [-0.39, 0.29) is 110 Å². The van der Waals surface area contributed by atoms with Crippen LogP contribution in [0.1, 0.15) is 88.6 Å². The highest BCUT2D eigenvalue weighted by Crippen LogP contribution is 2.47. The monoisotopic (exact) mass is 1140 g/mol. The first-order chi connectivity index (χ1) is 39.2. The van der Waals surface area contributed by atoms with E-state index in [4.69, 9.17) is 46.6 Å². The fourth-order valence-corrected chi connectivity index (χ4v) is 13.7. The number of pyridine rings is 1. The quantitative estimate of drug-likeness (QED) is 0.0588. The predicted octanol–water partition coefficient (Wildman–Crippen LogP) is 9.79. The Hall–Kier alpha value is -7.75. The first-order valence-electron chi connectivity index (χ1n) is 27.1. The molecule has 21 heteroatoms. The molecule has 81 heavy (non-hydrogen) atoms. The fraction of sp³-hybridized carbons (Fsp3) is 0.400. The van der Waals surface area contributed by atoms with Gasteiger partial charge in [-0.2, -0.15) is 20.5 Å². The number of aliphatic hydroxyl groups excluding tert-OH is 1. The first-order valence-corrected chi connectivity index (χ1v) is 28.3. The van der Waals surface area contributed by atoms with E-state index in [1.165, 1.54) is 12.1 Å². The number of aromatic nitrogens is 3. The van der Waals surface area contributed by atoms with E-state index in [0.29, 0.717) is 60.0 Å². The summed E-state index contributed by atoms with van der Waals surface area (Å²) in [6, 6.07) is 13.3. The molecular weight excluding hydrogens is 1080 g/mol. The number of hydrogen-bond acceptors (Lipinski definition) is 16. The van der Waals surface area contributed by atoms with Crippen LogP contribution in [-0.4, -0.2) is 124 Å². The Morgan fingerprint density at radius 1 is 1.05 bits per heavy atom. The van der Waals surface area contributed by atoms with Gasteiger partial charge in [0.2, 0.25) is 6.41 Å². The molecular formula is C60H61ClF2N10O7S. The summed E-state index contributed by atoms with van der Waals surface area (Å²) in [5.41, 5.74) is 12.0. The van der Waals surface area contributed by atoms with E-state index < -0.39 is 23.6 Å². The number of carbonyl (C=O) groups is 3. The second kappa shape index (κ2) is 23.4. The largest absolute Gasteiger partial charge is 0.489 e. The summed E-state index contributed by atoms with van der Waals surface area (Å²) in [6.45, 7) is 10.9. The highest BCUT2D eigenvalue weighted by Gasteiger charge is 2.45. The number of piperazine rings is 1. The molecule has 0 radical (unpaired) electrons. The first kappa shape index (κ1) is 56.5. The van der Waals surface area contributed by atoms with Gasteiger partial charge in [0.05, 0.1) is 74.3 Å². The van der Waals surface area contributed by atoms with Gasteiger partial charge in [-0.1, -0.05) is 37.6 Å². The molecule has 0 aliphatic carbocycles. The lowest BCUT2D eigenvalue weighted by Crippen LogP contribution is -2.56. The number of hydrogen-bond donors (Lipinski definition) is 2. The van der Waals surface area contributed by atoms with Crippen molar-refractivity contribution in [2.75, 3.05) is 70.3 Å². The average molecular weight is 1140 g/mol. The molecule has 3 saturated heterocycles. The number of esters is 1. The normalized spacial score (nSPS) is 19.4. The summed E-state index contributed by atoms with van der Waals surface area (Å²) in [4.78, 5) is 62.2. The predicted molar refractivity (Wildman–Crippen MR) is 306 cm³/mol. The van der Waals surface area contributed by atoms with E-state index in [1.54, 1.807) is 34.9 Å². The Kier molecular flexibility index (Phi) is 16.3. The Labute approximate surface area is 476 Å². The third-order valence-corrected chi connectivity index (χ3v) is 17.9. The number of ether oxygens (including phenoxy) is 3. The van der Waals surface area contributed by atoms with Crippen LogP contribution in [0.25, 0.3) is 48.7 Å². The summed E-state index contributed by atoms with van der Waals surface area (Å²) in [6.07, 6.45) is 9.53. The number of anilines is 2. The molecule has 0 spiro atoms. The average Bonchev–Trinajstić information content (AvgIpc) is 4.34. The number of halogens is 3. The van der Waals surface area contributed by atoms with Crippen molar-refractivity contribution in [3.63, 3.8) is 0 Å². The SMILES string of the molecule is C/C=C(\COc1ccc2nc3c(c(CC)c2c1)CN(C=O)/C3=C\C1=C(C)COC(=O)C1CC)C(=O)N1CCN(c2nc(OCC34CCCN3CCC4)nc3c(F)c(-c4ccc(F)c5sc(N)c(C#N)c45)c(Cl)cc23)C[C@@H]1CC#N.CO. The number of aliphatic hydroxyl groups is 1. The molecule has 5 aliphatic rings. The molecule has 2 atom stereocenters. The molecule has 1 unspecified atom stereocenters. The van der Waals surface area contributed by atoms with Crippen LogP contribution in [0.2, 0.25) is 5.02 Å². The van der Waals surface area contributed by atoms with Gasteiger partial charge in [0.1, 0.15) is 53.8 Å². The maximum absolute atomic E-state index is 17.6. The van der Waals surface area contributed by atoms with Crippen LogP contribution in [0.5, 0.6) is 11.8 Å². The molecule has 11 rings (SSSR count). The van der Waals surface area contributed by atoms with Crippen molar-refractivity contribution in [2.45, 2.75) is 90.8 Å². The molecule has 2 amide bonds. The van der Waals surface area contributed by atoms with Gasteiger partial charge < -0.3 is 39.8 Å². The number of fused-ring (bicyclic) bond motifs is 5. The topological polar surface area (TPSA) is 224 Å². The fourth-order valence-electron chi connectivity index (χ4n) is 12.5. The highest BCUT2D eigenvalue weighted by molar-refractivity contribution is 7.23. The molecule has 6 aromatic rings. The van der Waals surface area contributed by atoms with E-state index in [9.17, 15) is 24.9 Å². The number of thiophene rings is 1. The van der Waals surface area contributed by atoms with Crippen molar-refractivity contribution < 1.29 is 42.5 Å². The van der Waals surface area contributed by atoms with Gasteiger partial charge in [-0.3, -0.25) is 19.3 Å². The highest BCUT2D eigenvalue weighted by atomic mass is 35.5. The van der Waals surface area contributed by atoms with Gasteiger partial charge in [-0.25, -0.2) is 13.8 Å². The molecule has 0 saturated carbocycles. The van der Waals surface area contributed by atoms with E-state index >= 15 is 8.78 Å². The number of carbonyl (C=O) groups excluding carboxylic acids is 3. The smallest absolute Gasteiger partial charge is 0.319 e. The maximum atomic E-state index is 17.6. The second-order valence-corrected chi connectivity index (χ2v) is 22.3. The maximum Gasteiger partial charge on any atom is 0.319 e. The number of nitrogens with zero attached hydrogens (tertiary/aromatic N) is 9. The third-order valence-electron chi connectivity index (χ3n) is 16.5. The summed E-state index contributed by atoms with van der Waals surface area (Å²) >= 11 is 7.94. The lowest BCUT2D eigenvalue weighted by Gasteiger charge is -2.41. The molecule has 3 N–H and O–H groups in total. The van der Waals surface area contributed by atoms with Crippen LogP contribution < -0.4 is 20.1 Å². The molecule has 3 aromatic carbocycles. The number of rotatable bonds is 14. The Morgan fingerprint density at radius 3 is 2.53 bits per heavy atom. The van der Waals surface area contributed by atoms with Gasteiger partial charge in [0.15, 0.2) is 5.82 Å². The van der Waals surface area contributed by atoms with Crippen molar-refractivity contribution in [2.24, 2.45) is 5.92 Å². The van der Waals surface area contributed by atoms with Crippen LogP contribution >= 0.6 is 22.9 Å². The standard InChI is InChI=1S/C59H57ClF2N10O6S.CH4O/c1-5-33(29-76-35-10-13-46-40(22-35)36(6-2)43-27-70(31-73)47(51(43)66-46)24-39-32(4)28-77-57(75)37(39)7-3)56(74)72-21-20-69(26-34(72)14-17-63)55-41-23-44(60)49(38-11-12-45(61)53-48(38)42(25-64)54(65)79-53)50(62)52(41)67-58(68-55)78-30-59-15-8-18-71(59)19-9-16-59;1-2/h5,10-13,22-24,31,34,37H,6-9,14-16,18-21,26-30,65H2,1-4H3;2H,1H3/b33-5+,47-24-;/t34-,37?;/m0./s1. The third kappa shape index (κ3) is 10.1. The van der Waals surface area contributed by atoms with Gasteiger partial charge >= 0.3 is 12.0 Å². The minimum absolute atomic E-state index is 0.0146. The summed E-state index contributed by atoms with van der Waals surface area (Å²) in [5, 5.41) is 28.6. The lowest BCUT2D eigenvalue weighted by atomic mass is 9.89. The molecule has 17 nitrogen and oxygen atoms in total. The van der Waals surface area contributed by atoms with Gasteiger partial charge in [0.25, 0.3) is 5.91 Å². The van der Waals surface area contributed by atoms with Gasteiger partial charge in [0, 0.05) is 54.0 Å². The van der Waals surface area contributed by atoms with Crippen LogP contribution in [0.15, 0.2) is 65.3 Å². The molecule has 8 heterocycles. The van der Waals surface area contributed by atoms with Crippen molar-refractivity contribution in [3.8, 4) is 35.0 Å². The number of benzene rings is 3. The number of cyclic esters (lactones) is 1. The number of nitriles is 2. The number of nitrogen functional groups attached to an aromatic ring is 1. The van der Waals surface area contributed by atoms with Crippen molar-refractivity contribution in [3.05, 3.63) is 104 Å². The van der Waals surface area contributed by atoms with E-state index in [0.717, 1.165) is 91.3 Å². The van der Waals surface area contributed by atoms with E-state index in [2.05, 4.69) is 22.0 Å². The van der Waals surface area contributed by atoms with Gasteiger partial charge in [-0.05, 0) is 124 Å². The Balaban J connectivity index is 0.00000364. The molecule has 0 bridgehead atoms. The summed E-state index contributed by atoms with van der Waals surface area (Å²) in [5.74, 6) is -1.66. The summed E-state index contributed by atoms with van der Waals surface area (Å²) in [7, 11) is 1.00. The van der Waals surface area contributed by atoms with Crippen LogP contribution in [0.3, 0.4) is 0 Å². The molecule has 5 aliphatic heterocycles. The minimum atomic E-state index is -0.827. The number of allylic oxidation sites excluding steroid dienone is 2. The molecule has 420 valence electrons. The van der Waals surface area contributed by atoms with Crippen molar-refractivity contribution in [1.29, 1.82) is 10.5 Å². The summed E-state index contributed by atoms with van der Waals surface area (Å²) < 4.78 is 51.1. The number of amides is 2. The Morgan fingerprint density at radius 2 is 1.83 bits per heavy atom.